The molecule has 0 amide bonds. The van der Waals surface area contributed by atoms with Gasteiger partial charge < -0.3 is 9.72 Å². The van der Waals surface area contributed by atoms with Crippen molar-refractivity contribution in [3.05, 3.63) is 33.1 Å². The third-order valence-corrected chi connectivity index (χ3v) is 2.56. The van der Waals surface area contributed by atoms with E-state index in [9.17, 15) is 14.0 Å². The van der Waals surface area contributed by atoms with E-state index in [1.54, 1.807) is 0 Å². The lowest BCUT2D eigenvalue weighted by Crippen LogP contribution is -2.50. The maximum absolute atomic E-state index is 13.0. The Hall–Kier alpha value is -1.43. The third kappa shape index (κ3) is 1.50. The molecule has 5 nitrogen and oxygen atoms in total. The van der Waals surface area contributed by atoms with Crippen molar-refractivity contribution < 1.29 is 9.13 Å². The topological polar surface area (TPSA) is 64.1 Å². The molecular weight excluding hydrogens is 203 g/mol. The number of H-pyrrole nitrogens is 1. The van der Waals surface area contributed by atoms with Crippen molar-refractivity contribution >= 4 is 0 Å². The third-order valence-electron chi connectivity index (χ3n) is 2.56. The van der Waals surface area contributed by atoms with E-state index in [1.807, 2.05) is 0 Å². The van der Waals surface area contributed by atoms with Crippen LogP contribution in [0.4, 0.5) is 4.39 Å². The van der Waals surface area contributed by atoms with E-state index >= 15 is 0 Å². The van der Waals surface area contributed by atoms with Gasteiger partial charge in [-0.3, -0.25) is 4.79 Å². The number of alkyl halides is 1. The molecule has 2 heterocycles. The normalized spacial score (nSPS) is 25.7. The molecule has 1 fully saturated rings. The number of nitrogens with zero attached hydrogens (tertiary/aromatic N) is 1. The van der Waals surface area contributed by atoms with Gasteiger partial charge in [0.2, 0.25) is 0 Å². The number of aromatic nitrogens is 2. The number of rotatable bonds is 2. The zero-order valence-corrected chi connectivity index (χ0v) is 8.03. The Morgan fingerprint density at radius 2 is 2.40 bits per heavy atom. The smallest absolute Gasteiger partial charge is 0.330 e. The lowest BCUT2D eigenvalue weighted by atomic mass is 10.1. The van der Waals surface area contributed by atoms with Crippen molar-refractivity contribution in [2.75, 3.05) is 13.3 Å². The summed E-state index contributed by atoms with van der Waals surface area (Å²) in [6.45, 7) is -0.509. The molecule has 0 spiro atoms. The highest BCUT2D eigenvalue weighted by molar-refractivity contribution is 4.91. The van der Waals surface area contributed by atoms with E-state index in [-0.39, 0.29) is 0 Å². The molecule has 82 valence electrons. The molecule has 0 bridgehead atoms. The molecule has 1 unspecified atom stereocenters. The van der Waals surface area contributed by atoms with Crippen molar-refractivity contribution in [1.82, 2.24) is 9.55 Å². The van der Waals surface area contributed by atoms with Gasteiger partial charge in [-0.1, -0.05) is 0 Å². The molecule has 1 atom stereocenters. The van der Waals surface area contributed by atoms with E-state index in [2.05, 4.69) is 4.98 Å². The molecule has 1 aromatic rings. The van der Waals surface area contributed by atoms with Crippen LogP contribution in [0, 0.1) is 0 Å². The molecule has 0 radical (unpaired) electrons. The van der Waals surface area contributed by atoms with Gasteiger partial charge in [0.1, 0.15) is 6.67 Å². The number of ether oxygens (including phenoxy) is 1. The summed E-state index contributed by atoms with van der Waals surface area (Å²) in [5, 5.41) is 0. The molecular formula is C9H11FN2O3. The van der Waals surface area contributed by atoms with Crippen LogP contribution in [-0.4, -0.2) is 22.8 Å². The fraction of sp³-hybridized carbons (Fsp3) is 0.556. The average Bonchev–Trinajstić information content (AvgIpc) is 2.67. The molecule has 6 heteroatoms. The zero-order chi connectivity index (χ0) is 10.9. The van der Waals surface area contributed by atoms with Gasteiger partial charge in [0.15, 0.2) is 5.72 Å². The van der Waals surface area contributed by atoms with Gasteiger partial charge in [0, 0.05) is 25.3 Å². The van der Waals surface area contributed by atoms with Crippen LogP contribution in [0.5, 0.6) is 0 Å². The van der Waals surface area contributed by atoms with Crippen molar-refractivity contribution in [3.63, 3.8) is 0 Å². The Morgan fingerprint density at radius 1 is 1.60 bits per heavy atom. The van der Waals surface area contributed by atoms with Crippen LogP contribution >= 0.6 is 0 Å². The van der Waals surface area contributed by atoms with Gasteiger partial charge in [0.05, 0.1) is 0 Å². The highest BCUT2D eigenvalue weighted by atomic mass is 19.1. The van der Waals surface area contributed by atoms with Crippen LogP contribution in [0.2, 0.25) is 0 Å². The van der Waals surface area contributed by atoms with Crippen molar-refractivity contribution in [2.24, 2.45) is 0 Å². The molecule has 15 heavy (non-hydrogen) atoms. The first-order chi connectivity index (χ1) is 7.19. The Labute approximate surface area is 84.5 Å². The maximum Gasteiger partial charge on any atom is 0.330 e. The van der Waals surface area contributed by atoms with Crippen LogP contribution in [-0.2, 0) is 10.5 Å². The summed E-state index contributed by atoms with van der Waals surface area (Å²) < 4.78 is 19.0. The first-order valence-electron chi connectivity index (χ1n) is 4.71. The number of aromatic amines is 1. The fourth-order valence-electron chi connectivity index (χ4n) is 1.83. The van der Waals surface area contributed by atoms with E-state index < -0.39 is 23.6 Å². The fourth-order valence-corrected chi connectivity index (χ4v) is 1.83. The Bertz CT molecular complexity index is 431. The minimum Gasteiger partial charge on any atom is -0.352 e. The molecule has 2 rings (SSSR count). The molecule has 1 aliphatic rings. The van der Waals surface area contributed by atoms with Gasteiger partial charge in [-0.05, 0) is 6.42 Å². The Balaban J connectivity index is 2.61. The van der Waals surface area contributed by atoms with Crippen LogP contribution in [0.15, 0.2) is 21.9 Å². The summed E-state index contributed by atoms with van der Waals surface area (Å²) in [6, 6.07) is 1.18. The van der Waals surface area contributed by atoms with E-state index in [0.29, 0.717) is 19.4 Å². The lowest BCUT2D eigenvalue weighted by Gasteiger charge is -2.25. The van der Waals surface area contributed by atoms with Crippen LogP contribution in [0.1, 0.15) is 12.8 Å². The molecule has 0 aliphatic carbocycles. The minimum atomic E-state index is -1.40. The second-order valence-electron chi connectivity index (χ2n) is 3.49. The quantitative estimate of drug-likeness (QED) is 0.751. The first kappa shape index (κ1) is 10.1. The van der Waals surface area contributed by atoms with E-state index in [4.69, 9.17) is 4.74 Å². The summed E-state index contributed by atoms with van der Waals surface area (Å²) in [5.74, 6) is 0. The number of hydrogen-bond donors (Lipinski definition) is 1. The lowest BCUT2D eigenvalue weighted by molar-refractivity contribution is -0.0847. The van der Waals surface area contributed by atoms with E-state index in [1.165, 1.54) is 12.3 Å². The number of nitrogens with one attached hydrogen (secondary N) is 1. The maximum atomic E-state index is 13.0. The monoisotopic (exact) mass is 214 g/mol. The van der Waals surface area contributed by atoms with Crippen molar-refractivity contribution in [3.8, 4) is 0 Å². The van der Waals surface area contributed by atoms with Gasteiger partial charge >= 0.3 is 5.69 Å². The summed E-state index contributed by atoms with van der Waals surface area (Å²) in [7, 11) is 0. The summed E-state index contributed by atoms with van der Waals surface area (Å²) in [6.07, 6.45) is 2.23. The first-order valence-corrected chi connectivity index (χ1v) is 4.71. The number of hydrogen-bond acceptors (Lipinski definition) is 3. The Kier molecular flexibility index (Phi) is 2.44. The molecule has 1 aliphatic heterocycles. The van der Waals surface area contributed by atoms with E-state index in [0.717, 1.165) is 4.57 Å². The van der Waals surface area contributed by atoms with Crippen LogP contribution in [0.3, 0.4) is 0 Å². The Morgan fingerprint density at radius 3 is 2.93 bits per heavy atom. The number of halogens is 1. The molecule has 1 N–H and O–H groups in total. The van der Waals surface area contributed by atoms with Crippen molar-refractivity contribution in [1.29, 1.82) is 0 Å². The molecule has 0 aromatic carbocycles. The minimum absolute atomic E-state index is 0.344. The molecule has 1 aromatic heterocycles. The molecule has 1 saturated heterocycles. The van der Waals surface area contributed by atoms with Crippen LogP contribution in [0.25, 0.3) is 0 Å². The van der Waals surface area contributed by atoms with Gasteiger partial charge in [-0.15, -0.1) is 0 Å². The average molecular weight is 214 g/mol. The van der Waals surface area contributed by atoms with Gasteiger partial charge in [0.25, 0.3) is 5.56 Å². The largest absolute Gasteiger partial charge is 0.352 e. The molecule has 0 saturated carbocycles. The highest BCUT2D eigenvalue weighted by Crippen LogP contribution is 2.28. The predicted molar refractivity (Wildman–Crippen MR) is 50.5 cm³/mol. The van der Waals surface area contributed by atoms with Crippen molar-refractivity contribution in [2.45, 2.75) is 18.6 Å². The summed E-state index contributed by atoms with van der Waals surface area (Å²) >= 11 is 0. The van der Waals surface area contributed by atoms with Gasteiger partial charge in [-0.2, -0.15) is 0 Å². The second-order valence-corrected chi connectivity index (χ2v) is 3.49. The highest BCUT2D eigenvalue weighted by Gasteiger charge is 2.39. The second kappa shape index (κ2) is 3.62. The summed E-state index contributed by atoms with van der Waals surface area (Å²) in [5.41, 5.74) is -2.58. The predicted octanol–water partition coefficient (Wildman–Crippen LogP) is -0.0307. The summed E-state index contributed by atoms with van der Waals surface area (Å²) in [4.78, 5) is 25.3. The standard InChI is InChI=1S/C9H11FN2O3/c10-6-9(3-1-5-15-9)12-7(13)2-4-11-8(12)14/h2,4H,1,3,5-6H2,(H,11,14). The SMILES string of the molecule is O=c1cc[nH]c(=O)n1C1(CF)CCCO1. The van der Waals surface area contributed by atoms with Crippen LogP contribution < -0.4 is 11.2 Å². The van der Waals surface area contributed by atoms with Gasteiger partial charge in [-0.25, -0.2) is 13.8 Å². The zero-order valence-electron chi connectivity index (χ0n) is 8.03.